The predicted molar refractivity (Wildman–Crippen MR) is 87.2 cm³/mol. The molecule has 0 bridgehead atoms. The number of nitrogens with zero attached hydrogens (tertiary/aromatic N) is 2. The Balaban J connectivity index is 1.48. The van der Waals surface area contributed by atoms with Crippen LogP contribution in [-0.4, -0.2) is 28.5 Å². The van der Waals surface area contributed by atoms with Crippen LogP contribution in [0.5, 0.6) is 5.75 Å². The number of aromatic nitrogens is 2. The average molecular weight is 336 g/mol. The van der Waals surface area contributed by atoms with Crippen molar-refractivity contribution in [1.82, 2.24) is 15.5 Å². The summed E-state index contributed by atoms with van der Waals surface area (Å²) >= 11 is 2.62. The molecule has 116 valence electrons. The molecule has 0 saturated carbocycles. The molecule has 8 heteroatoms. The van der Waals surface area contributed by atoms with E-state index < -0.39 is 0 Å². The Hall–Kier alpha value is -1.80. The molecule has 0 radical (unpaired) electrons. The highest BCUT2D eigenvalue weighted by Gasteiger charge is 2.11. The summed E-state index contributed by atoms with van der Waals surface area (Å²) in [6.45, 7) is 1.31. The third-order valence-electron chi connectivity index (χ3n) is 3.21. The maximum absolute atomic E-state index is 11.9. The summed E-state index contributed by atoms with van der Waals surface area (Å²) in [7, 11) is 0. The number of benzene rings is 1. The number of thioether (sulfide) groups is 1. The van der Waals surface area contributed by atoms with E-state index >= 15 is 0 Å². The molecule has 0 aliphatic carbocycles. The molecular formula is C14H16N4O2S2. The van der Waals surface area contributed by atoms with Crippen molar-refractivity contribution in [2.24, 2.45) is 0 Å². The molecule has 6 nitrogen and oxygen atoms in total. The number of aryl methyl sites for hydroxylation is 1. The molecule has 3 N–H and O–H groups in total. The Morgan fingerprint density at radius 1 is 1.45 bits per heavy atom. The van der Waals surface area contributed by atoms with Crippen molar-refractivity contribution in [3.05, 3.63) is 29.3 Å². The van der Waals surface area contributed by atoms with E-state index in [1.807, 2.05) is 12.1 Å². The Kier molecular flexibility index (Phi) is 4.79. The minimum absolute atomic E-state index is 0.0345. The van der Waals surface area contributed by atoms with Crippen LogP contribution in [0.15, 0.2) is 22.5 Å². The van der Waals surface area contributed by atoms with Crippen molar-refractivity contribution in [1.29, 1.82) is 0 Å². The van der Waals surface area contributed by atoms with Crippen molar-refractivity contribution in [2.45, 2.75) is 23.7 Å². The number of carbonyl (C=O) groups excluding carboxylic acids is 1. The zero-order chi connectivity index (χ0) is 15.4. The fourth-order valence-corrected chi connectivity index (χ4v) is 3.65. The maximum Gasteiger partial charge on any atom is 0.230 e. The molecule has 1 aliphatic heterocycles. The summed E-state index contributed by atoms with van der Waals surface area (Å²) < 4.78 is 6.29. The molecule has 0 spiro atoms. The van der Waals surface area contributed by atoms with Gasteiger partial charge in [-0.15, -0.1) is 10.2 Å². The van der Waals surface area contributed by atoms with Gasteiger partial charge in [-0.05, 0) is 30.0 Å². The first-order chi connectivity index (χ1) is 10.7. The summed E-state index contributed by atoms with van der Waals surface area (Å²) in [5.74, 6) is 1.24. The average Bonchev–Trinajstić information content (AvgIpc) is 2.96. The van der Waals surface area contributed by atoms with Crippen LogP contribution in [0.25, 0.3) is 0 Å². The van der Waals surface area contributed by atoms with E-state index in [4.69, 9.17) is 10.5 Å². The van der Waals surface area contributed by atoms with E-state index in [2.05, 4.69) is 21.6 Å². The molecule has 0 fully saturated rings. The van der Waals surface area contributed by atoms with Gasteiger partial charge in [0.1, 0.15) is 5.75 Å². The molecule has 0 atom stereocenters. The van der Waals surface area contributed by atoms with Gasteiger partial charge in [-0.1, -0.05) is 35.2 Å². The van der Waals surface area contributed by atoms with Crippen LogP contribution in [0, 0.1) is 0 Å². The van der Waals surface area contributed by atoms with Gasteiger partial charge in [0, 0.05) is 6.54 Å². The first kappa shape index (κ1) is 15.1. The summed E-state index contributed by atoms with van der Waals surface area (Å²) in [4.78, 5) is 11.9. The van der Waals surface area contributed by atoms with E-state index in [9.17, 15) is 4.79 Å². The smallest absolute Gasteiger partial charge is 0.230 e. The highest BCUT2D eigenvalue weighted by molar-refractivity contribution is 8.01. The van der Waals surface area contributed by atoms with Gasteiger partial charge in [0.25, 0.3) is 0 Å². The lowest BCUT2D eigenvalue weighted by molar-refractivity contribution is -0.118. The van der Waals surface area contributed by atoms with Gasteiger partial charge in [0.15, 0.2) is 4.34 Å². The van der Waals surface area contributed by atoms with Crippen LogP contribution in [0.1, 0.15) is 17.5 Å². The molecule has 3 rings (SSSR count). The fourth-order valence-electron chi connectivity index (χ4n) is 2.18. The number of amides is 1. The molecule has 1 amide bonds. The van der Waals surface area contributed by atoms with Crippen molar-refractivity contribution in [3.8, 4) is 5.75 Å². The van der Waals surface area contributed by atoms with E-state index in [0.717, 1.165) is 30.8 Å². The molecule has 1 aromatic heterocycles. The lowest BCUT2D eigenvalue weighted by atomic mass is 10.0. The van der Waals surface area contributed by atoms with Crippen molar-refractivity contribution in [3.63, 3.8) is 0 Å². The standard InChI is InChI=1S/C14H16N4O2S2/c15-13-17-18-14(22-13)21-8-12(19)16-7-9-3-4-11-10(6-9)2-1-5-20-11/h3-4,6H,1-2,5,7-8H2,(H2,15,17)(H,16,19). The van der Waals surface area contributed by atoms with Gasteiger partial charge in [0.05, 0.1) is 12.4 Å². The topological polar surface area (TPSA) is 90.1 Å². The number of rotatable bonds is 5. The van der Waals surface area contributed by atoms with E-state index in [-0.39, 0.29) is 5.91 Å². The summed E-state index contributed by atoms with van der Waals surface area (Å²) in [6, 6.07) is 6.07. The molecule has 0 unspecified atom stereocenters. The molecule has 1 aliphatic rings. The number of hydrogen-bond donors (Lipinski definition) is 2. The number of nitrogens with two attached hydrogens (primary N) is 1. The van der Waals surface area contributed by atoms with E-state index in [1.54, 1.807) is 0 Å². The van der Waals surface area contributed by atoms with E-state index in [0.29, 0.717) is 21.8 Å². The van der Waals surface area contributed by atoms with Gasteiger partial charge in [-0.25, -0.2) is 0 Å². The molecule has 2 aromatic rings. The van der Waals surface area contributed by atoms with Crippen LogP contribution < -0.4 is 15.8 Å². The van der Waals surface area contributed by atoms with Crippen LogP contribution in [0.4, 0.5) is 5.13 Å². The number of ether oxygens (including phenoxy) is 1. The van der Waals surface area contributed by atoms with Crippen molar-refractivity contribution < 1.29 is 9.53 Å². The van der Waals surface area contributed by atoms with Crippen molar-refractivity contribution >= 4 is 34.1 Å². The first-order valence-corrected chi connectivity index (χ1v) is 8.74. The predicted octanol–water partition coefficient (Wildman–Crippen LogP) is 1.85. The maximum atomic E-state index is 11.9. The number of hydrogen-bond acceptors (Lipinski definition) is 7. The minimum Gasteiger partial charge on any atom is -0.493 e. The van der Waals surface area contributed by atoms with Crippen molar-refractivity contribution in [2.75, 3.05) is 18.1 Å². The second-order valence-electron chi connectivity index (χ2n) is 4.87. The van der Waals surface area contributed by atoms with Crippen LogP contribution in [0.2, 0.25) is 0 Å². The van der Waals surface area contributed by atoms with Gasteiger partial charge in [-0.2, -0.15) is 0 Å². The Labute approximate surface area is 136 Å². The number of carbonyl (C=O) groups is 1. The second kappa shape index (κ2) is 6.97. The highest BCUT2D eigenvalue weighted by Crippen LogP contribution is 2.25. The number of fused-ring (bicyclic) bond motifs is 1. The van der Waals surface area contributed by atoms with Gasteiger partial charge in [-0.3, -0.25) is 4.79 Å². The largest absolute Gasteiger partial charge is 0.493 e. The Bertz CT molecular complexity index is 675. The third-order valence-corrected chi connectivity index (χ3v) is 5.10. The quantitative estimate of drug-likeness (QED) is 0.810. The van der Waals surface area contributed by atoms with Gasteiger partial charge in [0.2, 0.25) is 11.0 Å². The molecule has 22 heavy (non-hydrogen) atoms. The van der Waals surface area contributed by atoms with Crippen LogP contribution in [0.3, 0.4) is 0 Å². The van der Waals surface area contributed by atoms with Gasteiger partial charge < -0.3 is 15.8 Å². The normalized spacial score (nSPS) is 13.3. The number of nitrogens with one attached hydrogen (secondary N) is 1. The molecular weight excluding hydrogens is 320 g/mol. The summed E-state index contributed by atoms with van der Waals surface area (Å²) in [5.41, 5.74) is 7.80. The second-order valence-corrected chi connectivity index (χ2v) is 7.10. The number of nitrogen functional groups attached to an aromatic ring is 1. The van der Waals surface area contributed by atoms with Gasteiger partial charge >= 0.3 is 0 Å². The molecule has 0 saturated heterocycles. The van der Waals surface area contributed by atoms with E-state index in [1.165, 1.54) is 28.7 Å². The molecule has 1 aromatic carbocycles. The zero-order valence-electron chi connectivity index (χ0n) is 11.9. The number of anilines is 1. The summed E-state index contributed by atoms with van der Waals surface area (Å²) in [6.07, 6.45) is 2.08. The van der Waals surface area contributed by atoms with Crippen LogP contribution in [-0.2, 0) is 17.8 Å². The Morgan fingerprint density at radius 2 is 2.36 bits per heavy atom. The fraction of sp³-hybridized carbons (Fsp3) is 0.357. The minimum atomic E-state index is -0.0345. The lowest BCUT2D eigenvalue weighted by Gasteiger charge is -2.18. The molecule has 2 heterocycles. The zero-order valence-corrected chi connectivity index (χ0v) is 13.5. The highest BCUT2D eigenvalue weighted by atomic mass is 32.2. The Morgan fingerprint density at radius 3 is 3.18 bits per heavy atom. The third kappa shape index (κ3) is 3.89. The lowest BCUT2D eigenvalue weighted by Crippen LogP contribution is -2.24. The summed E-state index contributed by atoms with van der Waals surface area (Å²) in [5, 5.41) is 10.9. The SMILES string of the molecule is Nc1nnc(SCC(=O)NCc2ccc3c(c2)CCCO3)s1. The van der Waals surface area contributed by atoms with Crippen LogP contribution >= 0.6 is 23.1 Å². The first-order valence-electron chi connectivity index (χ1n) is 6.94. The monoisotopic (exact) mass is 336 g/mol.